The number of hydrazine groups is 1. The van der Waals surface area contributed by atoms with E-state index in [0.717, 1.165) is 6.07 Å². The molecule has 4 N–H and O–H groups in total. The van der Waals surface area contributed by atoms with Crippen LogP contribution in [0.5, 0.6) is 0 Å². The molecule has 2 rings (SSSR count). The SMILES string of the molecule is CCC(=O)Nc1ccc(C(=O)NNC(=S)NC(=O)c2ccccc2F)cc1. The molecule has 0 heterocycles. The summed E-state index contributed by atoms with van der Waals surface area (Å²) in [6.07, 6.45) is 0.349. The number of anilines is 1. The Morgan fingerprint density at radius 3 is 2.26 bits per heavy atom. The van der Waals surface area contributed by atoms with Crippen molar-refractivity contribution in [3.63, 3.8) is 0 Å². The van der Waals surface area contributed by atoms with Gasteiger partial charge < -0.3 is 5.32 Å². The van der Waals surface area contributed by atoms with Gasteiger partial charge in [0.15, 0.2) is 5.11 Å². The monoisotopic (exact) mass is 388 g/mol. The minimum Gasteiger partial charge on any atom is -0.326 e. The van der Waals surface area contributed by atoms with Crippen molar-refractivity contribution >= 4 is 40.7 Å². The van der Waals surface area contributed by atoms with Crippen LogP contribution in [0.1, 0.15) is 34.1 Å². The first kappa shape index (κ1) is 20.0. The highest BCUT2D eigenvalue weighted by Crippen LogP contribution is 2.10. The summed E-state index contributed by atoms with van der Waals surface area (Å²) in [6, 6.07) is 11.6. The summed E-state index contributed by atoms with van der Waals surface area (Å²) >= 11 is 4.90. The van der Waals surface area contributed by atoms with Gasteiger partial charge in [-0.1, -0.05) is 19.1 Å². The number of hydrogen-bond acceptors (Lipinski definition) is 4. The lowest BCUT2D eigenvalue weighted by molar-refractivity contribution is -0.115. The van der Waals surface area contributed by atoms with Gasteiger partial charge in [-0.05, 0) is 48.6 Å². The lowest BCUT2D eigenvalue weighted by Gasteiger charge is -2.11. The van der Waals surface area contributed by atoms with E-state index in [9.17, 15) is 18.8 Å². The van der Waals surface area contributed by atoms with Crippen LogP contribution < -0.4 is 21.5 Å². The third kappa shape index (κ3) is 5.86. The first-order valence-electron chi connectivity index (χ1n) is 7.96. The second-order valence-electron chi connectivity index (χ2n) is 5.32. The van der Waals surface area contributed by atoms with E-state index in [1.165, 1.54) is 30.3 Å². The van der Waals surface area contributed by atoms with Crippen LogP contribution >= 0.6 is 12.2 Å². The van der Waals surface area contributed by atoms with E-state index >= 15 is 0 Å². The molecule has 2 aromatic rings. The van der Waals surface area contributed by atoms with Crippen molar-refractivity contribution < 1.29 is 18.8 Å². The quantitative estimate of drug-likeness (QED) is 0.475. The Morgan fingerprint density at radius 2 is 1.63 bits per heavy atom. The number of amides is 3. The van der Waals surface area contributed by atoms with E-state index in [0.29, 0.717) is 17.7 Å². The highest BCUT2D eigenvalue weighted by atomic mass is 32.1. The number of halogens is 1. The van der Waals surface area contributed by atoms with Gasteiger partial charge in [-0.25, -0.2) is 4.39 Å². The third-order valence-electron chi connectivity index (χ3n) is 3.39. The van der Waals surface area contributed by atoms with Gasteiger partial charge in [-0.3, -0.25) is 30.6 Å². The average Bonchev–Trinajstić information content (AvgIpc) is 2.66. The van der Waals surface area contributed by atoms with Crippen molar-refractivity contribution in [2.75, 3.05) is 5.32 Å². The summed E-state index contributed by atoms with van der Waals surface area (Å²) < 4.78 is 13.5. The Labute approximate surface area is 160 Å². The second-order valence-corrected chi connectivity index (χ2v) is 5.73. The maximum absolute atomic E-state index is 13.5. The lowest BCUT2D eigenvalue weighted by Crippen LogP contribution is -2.48. The number of rotatable bonds is 4. The second kappa shape index (κ2) is 9.39. The van der Waals surface area contributed by atoms with Gasteiger partial charge >= 0.3 is 0 Å². The Bertz CT molecular complexity index is 871. The van der Waals surface area contributed by atoms with Gasteiger partial charge in [0.25, 0.3) is 11.8 Å². The van der Waals surface area contributed by atoms with Gasteiger partial charge in [0.1, 0.15) is 5.82 Å². The molecular weight excluding hydrogens is 371 g/mol. The number of carbonyl (C=O) groups excluding carboxylic acids is 3. The fraction of sp³-hybridized carbons (Fsp3) is 0.111. The van der Waals surface area contributed by atoms with Crippen LogP contribution in [0.3, 0.4) is 0 Å². The van der Waals surface area contributed by atoms with E-state index in [1.54, 1.807) is 19.1 Å². The van der Waals surface area contributed by atoms with E-state index < -0.39 is 17.6 Å². The molecule has 0 saturated carbocycles. The highest BCUT2D eigenvalue weighted by Gasteiger charge is 2.13. The number of thiocarbonyl (C=S) groups is 1. The predicted molar refractivity (Wildman–Crippen MR) is 102 cm³/mol. The molecule has 2 aromatic carbocycles. The van der Waals surface area contributed by atoms with E-state index in [2.05, 4.69) is 21.5 Å². The van der Waals surface area contributed by atoms with Gasteiger partial charge in [-0.2, -0.15) is 0 Å². The normalized spacial score (nSPS) is 9.85. The molecule has 0 bridgehead atoms. The van der Waals surface area contributed by atoms with E-state index in [1.807, 2.05) is 0 Å². The van der Waals surface area contributed by atoms with Gasteiger partial charge in [-0.15, -0.1) is 0 Å². The molecule has 0 aliphatic heterocycles. The zero-order valence-corrected chi connectivity index (χ0v) is 15.2. The summed E-state index contributed by atoms with van der Waals surface area (Å²) in [6.45, 7) is 1.73. The minimum atomic E-state index is -0.740. The molecule has 3 amide bonds. The summed E-state index contributed by atoms with van der Waals surface area (Å²) in [5.41, 5.74) is 5.39. The summed E-state index contributed by atoms with van der Waals surface area (Å²) in [5, 5.41) is 4.73. The largest absolute Gasteiger partial charge is 0.326 e. The van der Waals surface area contributed by atoms with Crippen molar-refractivity contribution in [1.29, 1.82) is 0 Å². The van der Waals surface area contributed by atoms with Gasteiger partial charge in [0, 0.05) is 17.7 Å². The standard InChI is InChI=1S/C18H17FN4O3S/c1-2-15(24)20-12-9-7-11(8-10-12)16(25)22-23-18(27)21-17(26)13-5-3-4-6-14(13)19/h3-10H,2H2,1H3,(H,20,24)(H,22,25)(H2,21,23,26,27). The molecule has 0 spiro atoms. The molecule has 140 valence electrons. The van der Waals surface area contributed by atoms with Crippen LogP contribution in [0.2, 0.25) is 0 Å². The molecule has 0 fully saturated rings. The molecule has 7 nitrogen and oxygen atoms in total. The van der Waals surface area contributed by atoms with Gasteiger partial charge in [0.2, 0.25) is 5.91 Å². The predicted octanol–water partition coefficient (Wildman–Crippen LogP) is 2.12. The number of benzene rings is 2. The third-order valence-corrected chi connectivity index (χ3v) is 3.59. The van der Waals surface area contributed by atoms with E-state index in [-0.39, 0.29) is 16.6 Å². The fourth-order valence-corrected chi connectivity index (χ4v) is 2.13. The topological polar surface area (TPSA) is 99.3 Å². The molecule has 0 atom stereocenters. The highest BCUT2D eigenvalue weighted by molar-refractivity contribution is 7.80. The van der Waals surface area contributed by atoms with Crippen LogP contribution in [0, 0.1) is 5.82 Å². The molecule has 0 radical (unpaired) electrons. The molecule has 0 saturated heterocycles. The molecule has 27 heavy (non-hydrogen) atoms. The lowest BCUT2D eigenvalue weighted by atomic mass is 10.2. The summed E-state index contributed by atoms with van der Waals surface area (Å²) in [7, 11) is 0. The van der Waals surface area contributed by atoms with Gasteiger partial charge in [0.05, 0.1) is 5.56 Å². The molecule has 0 aromatic heterocycles. The van der Waals surface area contributed by atoms with Crippen molar-refractivity contribution in [1.82, 2.24) is 16.2 Å². The van der Waals surface area contributed by atoms with Crippen molar-refractivity contribution in [2.45, 2.75) is 13.3 Å². The van der Waals surface area contributed by atoms with Crippen LogP contribution in [0.15, 0.2) is 48.5 Å². The summed E-state index contributed by atoms with van der Waals surface area (Å²) in [5.74, 6) is -2.07. The summed E-state index contributed by atoms with van der Waals surface area (Å²) in [4.78, 5) is 35.3. The maximum atomic E-state index is 13.5. The first-order chi connectivity index (χ1) is 12.9. The smallest absolute Gasteiger partial charge is 0.269 e. The van der Waals surface area contributed by atoms with E-state index in [4.69, 9.17) is 12.2 Å². The minimum absolute atomic E-state index is 0.134. The van der Waals surface area contributed by atoms with Crippen molar-refractivity contribution in [3.05, 3.63) is 65.5 Å². The molecular formula is C18H17FN4O3S. The Morgan fingerprint density at radius 1 is 0.963 bits per heavy atom. The molecule has 9 heteroatoms. The van der Waals surface area contributed by atoms with Crippen LogP contribution in [0.25, 0.3) is 0 Å². The van der Waals surface area contributed by atoms with Crippen LogP contribution in [-0.4, -0.2) is 22.8 Å². The van der Waals surface area contributed by atoms with Crippen molar-refractivity contribution in [3.8, 4) is 0 Å². The molecule has 0 aliphatic rings. The van der Waals surface area contributed by atoms with Crippen molar-refractivity contribution in [2.24, 2.45) is 0 Å². The number of nitrogens with one attached hydrogen (secondary N) is 4. The molecule has 0 aliphatic carbocycles. The Balaban J connectivity index is 1.86. The zero-order valence-electron chi connectivity index (χ0n) is 14.3. The Hall–Kier alpha value is -3.33. The van der Waals surface area contributed by atoms with Crippen LogP contribution in [0.4, 0.5) is 10.1 Å². The van der Waals surface area contributed by atoms with Crippen LogP contribution in [-0.2, 0) is 4.79 Å². The average molecular weight is 388 g/mol. The fourth-order valence-electron chi connectivity index (χ4n) is 1.99. The number of hydrogen-bond donors (Lipinski definition) is 4. The molecule has 0 unspecified atom stereocenters. The maximum Gasteiger partial charge on any atom is 0.269 e. The Kier molecular flexibility index (Phi) is 6.95. The first-order valence-corrected chi connectivity index (χ1v) is 8.37. The zero-order chi connectivity index (χ0) is 19.8. The number of carbonyl (C=O) groups is 3.